The van der Waals surface area contributed by atoms with Gasteiger partial charge in [0.2, 0.25) is 0 Å². The highest BCUT2D eigenvalue weighted by atomic mass is 19.1. The zero-order valence-electron chi connectivity index (χ0n) is 10.4. The summed E-state index contributed by atoms with van der Waals surface area (Å²) in [5.41, 5.74) is 3.03. The van der Waals surface area contributed by atoms with Crippen LogP contribution in [0.1, 0.15) is 11.5 Å². The molecule has 19 heavy (non-hydrogen) atoms. The Labute approximate surface area is 111 Å². The van der Waals surface area contributed by atoms with Crippen LogP contribution in [0.5, 0.6) is 0 Å². The van der Waals surface area contributed by atoms with Gasteiger partial charge >= 0.3 is 0 Å². The molecule has 98 valence electrons. The summed E-state index contributed by atoms with van der Waals surface area (Å²) >= 11 is 0. The fourth-order valence-corrected chi connectivity index (χ4v) is 2.42. The maximum atomic E-state index is 13.0. The van der Waals surface area contributed by atoms with Gasteiger partial charge < -0.3 is 9.84 Å². The lowest BCUT2D eigenvalue weighted by Gasteiger charge is -2.16. The number of aliphatic hydroxyl groups excluding tert-OH is 1. The molecule has 2 unspecified atom stereocenters. The summed E-state index contributed by atoms with van der Waals surface area (Å²) in [6, 6.07) is 14.3. The molecule has 2 atom stereocenters. The molecule has 0 spiro atoms. The Bertz CT molecular complexity index is 561. The van der Waals surface area contributed by atoms with E-state index in [4.69, 9.17) is 4.74 Å². The Balaban J connectivity index is 2.03. The quantitative estimate of drug-likeness (QED) is 0.855. The minimum atomic E-state index is -0.245. The first-order valence-electron chi connectivity index (χ1n) is 6.37. The van der Waals surface area contributed by atoms with Crippen molar-refractivity contribution in [1.82, 2.24) is 0 Å². The van der Waals surface area contributed by atoms with Gasteiger partial charge in [-0.25, -0.2) is 4.39 Å². The molecule has 1 heterocycles. The van der Waals surface area contributed by atoms with Gasteiger partial charge in [0, 0.05) is 5.92 Å². The normalized spacial score (nSPS) is 19.2. The molecule has 0 amide bonds. The molecule has 0 radical (unpaired) electrons. The van der Waals surface area contributed by atoms with Crippen LogP contribution in [0.15, 0.2) is 48.5 Å². The number of benzene rings is 2. The van der Waals surface area contributed by atoms with Crippen LogP contribution in [0, 0.1) is 5.82 Å². The van der Waals surface area contributed by atoms with E-state index in [-0.39, 0.29) is 24.4 Å². The molecule has 1 aliphatic rings. The van der Waals surface area contributed by atoms with Crippen LogP contribution < -0.4 is 0 Å². The van der Waals surface area contributed by atoms with Gasteiger partial charge in [-0.3, -0.25) is 0 Å². The Morgan fingerprint density at radius 2 is 1.84 bits per heavy atom. The molecular formula is C16H15FO2. The van der Waals surface area contributed by atoms with Crippen molar-refractivity contribution in [2.24, 2.45) is 0 Å². The zero-order valence-corrected chi connectivity index (χ0v) is 10.4. The molecule has 0 saturated carbocycles. The second-order valence-electron chi connectivity index (χ2n) is 4.75. The predicted octanol–water partition coefficient (Wildman–Crippen LogP) is 2.97. The number of hydrogen-bond donors (Lipinski definition) is 1. The number of halogens is 1. The topological polar surface area (TPSA) is 32.8 Å². The fraction of sp³-hybridized carbons (Fsp3) is 0.250. The third-order valence-electron chi connectivity index (χ3n) is 3.52. The van der Waals surface area contributed by atoms with E-state index in [0.29, 0.717) is 6.61 Å². The molecular weight excluding hydrogens is 243 g/mol. The molecule has 0 aromatic heterocycles. The van der Waals surface area contributed by atoms with Gasteiger partial charge in [0.05, 0.1) is 19.3 Å². The minimum Gasteiger partial charge on any atom is -0.396 e. The average Bonchev–Trinajstić information content (AvgIpc) is 3.26. The lowest BCUT2D eigenvalue weighted by Crippen LogP contribution is -2.12. The summed E-state index contributed by atoms with van der Waals surface area (Å²) < 4.78 is 18.3. The van der Waals surface area contributed by atoms with E-state index in [9.17, 15) is 9.50 Å². The van der Waals surface area contributed by atoms with Gasteiger partial charge in [0.15, 0.2) is 0 Å². The number of hydrogen-bond acceptors (Lipinski definition) is 2. The molecule has 2 nitrogen and oxygen atoms in total. The third kappa shape index (κ3) is 2.53. The van der Waals surface area contributed by atoms with Gasteiger partial charge in [0.1, 0.15) is 5.82 Å². The Kier molecular flexibility index (Phi) is 3.32. The molecule has 0 aliphatic carbocycles. The minimum absolute atomic E-state index is 0.0127. The number of epoxide rings is 1. The summed E-state index contributed by atoms with van der Waals surface area (Å²) in [5, 5.41) is 9.57. The first-order chi connectivity index (χ1) is 9.29. The van der Waals surface area contributed by atoms with Crippen LogP contribution in [0.4, 0.5) is 4.39 Å². The van der Waals surface area contributed by atoms with Crippen LogP contribution in [-0.2, 0) is 4.74 Å². The van der Waals surface area contributed by atoms with Crippen molar-refractivity contribution < 1.29 is 14.2 Å². The van der Waals surface area contributed by atoms with Crippen molar-refractivity contribution in [2.45, 2.75) is 12.0 Å². The van der Waals surface area contributed by atoms with Crippen LogP contribution in [0.3, 0.4) is 0 Å². The molecule has 1 N–H and O–H groups in total. The SMILES string of the molecule is OCC(c1ccccc1-c1ccc(F)cc1)C1CO1. The summed E-state index contributed by atoms with van der Waals surface area (Å²) in [5.74, 6) is -0.258. The molecule has 1 fully saturated rings. The van der Waals surface area contributed by atoms with Gasteiger partial charge in [-0.05, 0) is 28.8 Å². The monoisotopic (exact) mass is 258 g/mol. The fourth-order valence-electron chi connectivity index (χ4n) is 2.42. The third-order valence-corrected chi connectivity index (χ3v) is 3.52. The molecule has 2 aromatic rings. The Morgan fingerprint density at radius 3 is 2.47 bits per heavy atom. The van der Waals surface area contributed by atoms with Crippen molar-refractivity contribution in [2.75, 3.05) is 13.2 Å². The largest absolute Gasteiger partial charge is 0.396 e. The van der Waals surface area contributed by atoms with Crippen molar-refractivity contribution in [1.29, 1.82) is 0 Å². The number of ether oxygens (including phenoxy) is 1. The van der Waals surface area contributed by atoms with E-state index in [2.05, 4.69) is 0 Å². The van der Waals surface area contributed by atoms with Gasteiger partial charge in [-0.15, -0.1) is 0 Å². The van der Waals surface area contributed by atoms with Crippen LogP contribution in [0.2, 0.25) is 0 Å². The molecule has 2 aromatic carbocycles. The summed E-state index contributed by atoms with van der Waals surface area (Å²) in [4.78, 5) is 0. The summed E-state index contributed by atoms with van der Waals surface area (Å²) in [7, 11) is 0. The van der Waals surface area contributed by atoms with E-state index in [0.717, 1.165) is 16.7 Å². The smallest absolute Gasteiger partial charge is 0.123 e. The standard InChI is InChI=1S/C16H15FO2/c17-12-7-5-11(6-8-12)13-3-1-2-4-14(13)15(9-18)16-10-19-16/h1-8,15-16,18H,9-10H2. The zero-order chi connectivity index (χ0) is 13.2. The lowest BCUT2D eigenvalue weighted by molar-refractivity contribution is 0.236. The van der Waals surface area contributed by atoms with Crippen molar-refractivity contribution in [3.63, 3.8) is 0 Å². The van der Waals surface area contributed by atoms with Crippen LogP contribution >= 0.6 is 0 Å². The summed E-state index contributed by atoms with van der Waals surface area (Å²) in [6.45, 7) is 0.756. The molecule has 1 aliphatic heterocycles. The predicted molar refractivity (Wildman–Crippen MR) is 71.4 cm³/mol. The Morgan fingerprint density at radius 1 is 1.16 bits per heavy atom. The van der Waals surface area contributed by atoms with Crippen molar-refractivity contribution >= 4 is 0 Å². The molecule has 3 rings (SSSR count). The highest BCUT2D eigenvalue weighted by Crippen LogP contribution is 2.35. The maximum absolute atomic E-state index is 13.0. The van der Waals surface area contributed by atoms with E-state index < -0.39 is 0 Å². The summed E-state index contributed by atoms with van der Waals surface area (Å²) in [6.07, 6.45) is 0.103. The van der Waals surface area contributed by atoms with Crippen LogP contribution in [0.25, 0.3) is 11.1 Å². The average molecular weight is 258 g/mol. The van der Waals surface area contributed by atoms with E-state index in [1.165, 1.54) is 12.1 Å². The van der Waals surface area contributed by atoms with E-state index in [1.54, 1.807) is 12.1 Å². The van der Waals surface area contributed by atoms with Crippen molar-refractivity contribution in [3.8, 4) is 11.1 Å². The highest BCUT2D eigenvalue weighted by Gasteiger charge is 2.34. The molecule has 1 saturated heterocycles. The lowest BCUT2D eigenvalue weighted by atomic mass is 9.89. The van der Waals surface area contributed by atoms with Gasteiger partial charge in [-0.2, -0.15) is 0 Å². The Hall–Kier alpha value is -1.71. The molecule has 3 heteroatoms. The maximum Gasteiger partial charge on any atom is 0.123 e. The van der Waals surface area contributed by atoms with Crippen molar-refractivity contribution in [3.05, 3.63) is 59.9 Å². The van der Waals surface area contributed by atoms with Gasteiger partial charge in [-0.1, -0.05) is 36.4 Å². The van der Waals surface area contributed by atoms with Crippen LogP contribution in [-0.4, -0.2) is 24.4 Å². The van der Waals surface area contributed by atoms with Gasteiger partial charge in [0.25, 0.3) is 0 Å². The second-order valence-corrected chi connectivity index (χ2v) is 4.75. The number of rotatable bonds is 4. The second kappa shape index (κ2) is 5.11. The first-order valence-corrected chi connectivity index (χ1v) is 6.37. The number of aliphatic hydroxyl groups is 1. The molecule has 0 bridgehead atoms. The first kappa shape index (κ1) is 12.3. The highest BCUT2D eigenvalue weighted by molar-refractivity contribution is 5.68. The van der Waals surface area contributed by atoms with E-state index in [1.807, 2.05) is 24.3 Å². The van der Waals surface area contributed by atoms with E-state index >= 15 is 0 Å².